The molecule has 0 aliphatic carbocycles. The van der Waals surface area contributed by atoms with Crippen LogP contribution in [0.2, 0.25) is 5.02 Å². The van der Waals surface area contributed by atoms with Crippen molar-refractivity contribution in [3.05, 3.63) is 59.1 Å². The third-order valence-corrected chi connectivity index (χ3v) is 5.52. The maximum atomic E-state index is 12.3. The Kier molecular flexibility index (Phi) is 8.11. The molecule has 0 atom stereocenters. The standard InChI is InChI=1S/C23H28ClN3O3/c1-30-23(29)10-7-18-5-8-20(9-6-18)25-22(28)11-12-26-13-15-27(16-14-26)21-4-2-3-19(24)17-21/h2-6,8-9,17H,7,10-16H2,1H3,(H,25,28). The number of carbonyl (C=O) groups excluding carboxylic acids is 2. The summed E-state index contributed by atoms with van der Waals surface area (Å²) in [5, 5.41) is 3.70. The van der Waals surface area contributed by atoms with Gasteiger partial charge in [0.05, 0.1) is 7.11 Å². The monoisotopic (exact) mass is 429 g/mol. The van der Waals surface area contributed by atoms with Gasteiger partial charge in [-0.1, -0.05) is 29.8 Å². The zero-order valence-electron chi connectivity index (χ0n) is 17.3. The van der Waals surface area contributed by atoms with E-state index in [0.717, 1.165) is 54.7 Å². The predicted octanol–water partition coefficient (Wildman–Crippen LogP) is 3.60. The first-order chi connectivity index (χ1) is 14.5. The molecule has 0 aromatic heterocycles. The molecule has 0 unspecified atom stereocenters. The molecule has 1 fully saturated rings. The minimum Gasteiger partial charge on any atom is -0.469 e. The van der Waals surface area contributed by atoms with E-state index in [9.17, 15) is 9.59 Å². The van der Waals surface area contributed by atoms with Crippen molar-refractivity contribution in [2.45, 2.75) is 19.3 Å². The summed E-state index contributed by atoms with van der Waals surface area (Å²) in [6.07, 6.45) is 1.44. The van der Waals surface area contributed by atoms with Crippen LogP contribution in [-0.2, 0) is 20.7 Å². The average Bonchev–Trinajstić information content (AvgIpc) is 2.77. The predicted molar refractivity (Wildman–Crippen MR) is 120 cm³/mol. The molecular formula is C23H28ClN3O3. The summed E-state index contributed by atoms with van der Waals surface area (Å²) in [6.45, 7) is 4.44. The Bertz CT molecular complexity index is 849. The van der Waals surface area contributed by atoms with Gasteiger partial charge in [0.15, 0.2) is 0 Å². The van der Waals surface area contributed by atoms with Gasteiger partial charge in [0, 0.05) is 62.0 Å². The van der Waals surface area contributed by atoms with Gasteiger partial charge in [-0.05, 0) is 42.3 Å². The molecule has 160 valence electrons. The van der Waals surface area contributed by atoms with E-state index in [1.165, 1.54) is 7.11 Å². The van der Waals surface area contributed by atoms with Gasteiger partial charge >= 0.3 is 5.97 Å². The largest absolute Gasteiger partial charge is 0.469 e. The Balaban J connectivity index is 1.37. The highest BCUT2D eigenvalue weighted by Crippen LogP contribution is 2.21. The molecule has 2 aromatic carbocycles. The summed E-state index contributed by atoms with van der Waals surface area (Å²) in [7, 11) is 1.39. The lowest BCUT2D eigenvalue weighted by molar-refractivity contribution is -0.140. The van der Waals surface area contributed by atoms with E-state index in [1.807, 2.05) is 42.5 Å². The second kappa shape index (κ2) is 11.0. The van der Waals surface area contributed by atoms with E-state index in [2.05, 4.69) is 25.9 Å². The summed E-state index contributed by atoms with van der Waals surface area (Å²) >= 11 is 6.09. The van der Waals surface area contributed by atoms with Gasteiger partial charge < -0.3 is 15.0 Å². The highest BCUT2D eigenvalue weighted by atomic mass is 35.5. The molecule has 1 amide bonds. The summed E-state index contributed by atoms with van der Waals surface area (Å²) in [4.78, 5) is 28.1. The van der Waals surface area contributed by atoms with Gasteiger partial charge in [0.1, 0.15) is 0 Å². The maximum absolute atomic E-state index is 12.3. The molecule has 1 saturated heterocycles. The molecule has 2 aromatic rings. The van der Waals surface area contributed by atoms with E-state index in [0.29, 0.717) is 19.3 Å². The molecule has 7 heteroatoms. The molecule has 1 heterocycles. The van der Waals surface area contributed by atoms with Crippen molar-refractivity contribution < 1.29 is 14.3 Å². The van der Waals surface area contributed by atoms with Crippen molar-refractivity contribution in [3.63, 3.8) is 0 Å². The summed E-state index contributed by atoms with van der Waals surface area (Å²) < 4.78 is 4.65. The smallest absolute Gasteiger partial charge is 0.305 e. The van der Waals surface area contributed by atoms with Crippen LogP contribution < -0.4 is 10.2 Å². The number of amides is 1. The number of esters is 1. The number of carbonyl (C=O) groups is 2. The van der Waals surface area contributed by atoms with Crippen molar-refractivity contribution in [1.29, 1.82) is 0 Å². The highest BCUT2D eigenvalue weighted by Gasteiger charge is 2.18. The number of hydrogen-bond donors (Lipinski definition) is 1. The number of halogens is 1. The normalized spacial score (nSPS) is 14.4. The number of rotatable bonds is 8. The first kappa shape index (κ1) is 22.1. The maximum Gasteiger partial charge on any atom is 0.305 e. The number of methoxy groups -OCH3 is 1. The number of benzene rings is 2. The van der Waals surface area contributed by atoms with Crippen molar-refractivity contribution in [2.75, 3.05) is 50.1 Å². The number of nitrogens with one attached hydrogen (secondary N) is 1. The van der Waals surface area contributed by atoms with Gasteiger partial charge in [0.2, 0.25) is 5.91 Å². The summed E-state index contributed by atoms with van der Waals surface area (Å²) in [5.41, 5.74) is 2.96. The summed E-state index contributed by atoms with van der Waals surface area (Å²) in [5.74, 6) is -0.213. The van der Waals surface area contributed by atoms with Crippen molar-refractivity contribution in [2.24, 2.45) is 0 Å². The number of aryl methyl sites for hydroxylation is 1. The summed E-state index contributed by atoms with van der Waals surface area (Å²) in [6, 6.07) is 15.5. The van der Waals surface area contributed by atoms with E-state index in [4.69, 9.17) is 11.6 Å². The minimum atomic E-state index is -0.222. The molecule has 0 radical (unpaired) electrons. The third-order valence-electron chi connectivity index (χ3n) is 5.28. The van der Waals surface area contributed by atoms with Crippen LogP contribution in [0.4, 0.5) is 11.4 Å². The van der Waals surface area contributed by atoms with Gasteiger partial charge in [-0.3, -0.25) is 14.5 Å². The zero-order valence-corrected chi connectivity index (χ0v) is 18.0. The highest BCUT2D eigenvalue weighted by molar-refractivity contribution is 6.30. The van der Waals surface area contributed by atoms with Crippen molar-refractivity contribution in [3.8, 4) is 0 Å². The number of ether oxygens (including phenoxy) is 1. The SMILES string of the molecule is COC(=O)CCc1ccc(NC(=O)CCN2CCN(c3cccc(Cl)c3)CC2)cc1. The molecule has 0 bridgehead atoms. The average molecular weight is 430 g/mol. The van der Waals surface area contributed by atoms with Gasteiger partial charge in [-0.2, -0.15) is 0 Å². The zero-order chi connectivity index (χ0) is 21.3. The van der Waals surface area contributed by atoms with E-state index in [1.54, 1.807) is 0 Å². The lowest BCUT2D eigenvalue weighted by atomic mass is 10.1. The number of anilines is 2. The molecule has 1 aliphatic rings. The van der Waals surface area contributed by atoms with Crippen LogP contribution in [0.1, 0.15) is 18.4 Å². The van der Waals surface area contributed by atoms with Crippen molar-refractivity contribution >= 4 is 34.9 Å². The number of hydrogen-bond acceptors (Lipinski definition) is 5. The lowest BCUT2D eigenvalue weighted by Crippen LogP contribution is -2.47. The Labute approximate surface area is 182 Å². The lowest BCUT2D eigenvalue weighted by Gasteiger charge is -2.36. The molecule has 0 spiro atoms. The second-order valence-corrected chi connectivity index (χ2v) is 7.82. The number of nitrogens with zero attached hydrogens (tertiary/aromatic N) is 2. The van der Waals surface area contributed by atoms with Crippen LogP contribution in [0, 0.1) is 0 Å². The quantitative estimate of drug-likeness (QED) is 0.649. The Hall–Kier alpha value is -2.57. The molecular weight excluding hydrogens is 402 g/mol. The van der Waals surface area contributed by atoms with Crippen LogP contribution in [0.25, 0.3) is 0 Å². The fourth-order valence-electron chi connectivity index (χ4n) is 3.49. The Morgan fingerprint density at radius 2 is 1.77 bits per heavy atom. The van der Waals surface area contributed by atoms with Crippen LogP contribution in [0.3, 0.4) is 0 Å². The Morgan fingerprint density at radius 3 is 2.43 bits per heavy atom. The van der Waals surface area contributed by atoms with Crippen LogP contribution >= 0.6 is 11.6 Å². The molecule has 1 aliphatic heterocycles. The third kappa shape index (κ3) is 6.75. The van der Waals surface area contributed by atoms with Gasteiger partial charge in [0.25, 0.3) is 0 Å². The molecule has 1 N–H and O–H groups in total. The first-order valence-electron chi connectivity index (χ1n) is 10.2. The Morgan fingerprint density at radius 1 is 1.03 bits per heavy atom. The molecule has 0 saturated carbocycles. The fourth-order valence-corrected chi connectivity index (χ4v) is 3.67. The molecule has 3 rings (SSSR count). The first-order valence-corrected chi connectivity index (χ1v) is 10.6. The van der Waals surface area contributed by atoms with Crippen LogP contribution in [0.5, 0.6) is 0 Å². The van der Waals surface area contributed by atoms with Crippen LogP contribution in [-0.4, -0.2) is 56.6 Å². The molecule has 6 nitrogen and oxygen atoms in total. The van der Waals surface area contributed by atoms with Crippen LogP contribution in [0.15, 0.2) is 48.5 Å². The fraction of sp³-hybridized carbons (Fsp3) is 0.391. The molecule has 30 heavy (non-hydrogen) atoms. The van der Waals surface area contributed by atoms with E-state index in [-0.39, 0.29) is 11.9 Å². The topological polar surface area (TPSA) is 61.9 Å². The van der Waals surface area contributed by atoms with E-state index < -0.39 is 0 Å². The number of piperazine rings is 1. The minimum absolute atomic E-state index is 0.00887. The van der Waals surface area contributed by atoms with Gasteiger partial charge in [-0.25, -0.2) is 0 Å². The van der Waals surface area contributed by atoms with E-state index >= 15 is 0 Å². The van der Waals surface area contributed by atoms with Gasteiger partial charge in [-0.15, -0.1) is 0 Å². The van der Waals surface area contributed by atoms with Crippen molar-refractivity contribution in [1.82, 2.24) is 4.90 Å². The second-order valence-electron chi connectivity index (χ2n) is 7.38.